The summed E-state index contributed by atoms with van der Waals surface area (Å²) in [5.74, 6) is 0. The van der Waals surface area contributed by atoms with E-state index in [-0.39, 0.29) is 0 Å². The monoisotopic (exact) mass is 215 g/mol. The van der Waals surface area contributed by atoms with Gasteiger partial charge < -0.3 is 5.11 Å². The fraction of sp³-hybridized carbons (Fsp3) is 0.375. The Labute approximate surface area is 74.4 Å². The molecular weight excluding hydrogens is 206 g/mol. The lowest BCUT2D eigenvalue weighted by atomic mass is 10.0. The van der Waals surface area contributed by atoms with E-state index >= 15 is 0 Å². The summed E-state index contributed by atoms with van der Waals surface area (Å²) in [6.45, 7) is 3.49. The van der Waals surface area contributed by atoms with Crippen LogP contribution in [0.1, 0.15) is 19.4 Å². The van der Waals surface area contributed by atoms with Crippen molar-refractivity contribution >= 4 is 15.9 Å². The van der Waals surface area contributed by atoms with Gasteiger partial charge >= 0.3 is 0 Å². The van der Waals surface area contributed by atoms with Crippen molar-refractivity contribution in [2.45, 2.75) is 19.4 Å². The number of pyridine rings is 1. The highest BCUT2D eigenvalue weighted by Gasteiger charge is 2.15. The van der Waals surface area contributed by atoms with Gasteiger partial charge in [0.15, 0.2) is 0 Å². The maximum atomic E-state index is 9.56. The van der Waals surface area contributed by atoms with Crippen LogP contribution < -0.4 is 0 Å². The van der Waals surface area contributed by atoms with E-state index in [0.717, 1.165) is 10.2 Å². The summed E-state index contributed by atoms with van der Waals surface area (Å²) in [6.07, 6.45) is 1.66. The first kappa shape index (κ1) is 8.68. The molecule has 0 radical (unpaired) electrons. The SMILES string of the molecule is CC(C)(O)c1ccnc(Br)c1. The van der Waals surface area contributed by atoms with Crippen LogP contribution in [0.4, 0.5) is 0 Å². The van der Waals surface area contributed by atoms with Crippen molar-refractivity contribution in [1.29, 1.82) is 0 Å². The molecule has 0 fully saturated rings. The van der Waals surface area contributed by atoms with Gasteiger partial charge in [0, 0.05) is 6.20 Å². The van der Waals surface area contributed by atoms with Crippen molar-refractivity contribution in [3.8, 4) is 0 Å². The summed E-state index contributed by atoms with van der Waals surface area (Å²) in [5.41, 5.74) is 0.0743. The Balaban J connectivity index is 3.06. The smallest absolute Gasteiger partial charge is 0.106 e. The van der Waals surface area contributed by atoms with Crippen LogP contribution in [-0.2, 0) is 5.60 Å². The fourth-order valence-electron chi connectivity index (χ4n) is 0.783. The quantitative estimate of drug-likeness (QED) is 0.729. The maximum Gasteiger partial charge on any atom is 0.106 e. The molecule has 0 spiro atoms. The third-order valence-corrected chi connectivity index (χ3v) is 1.87. The van der Waals surface area contributed by atoms with Gasteiger partial charge in [0.25, 0.3) is 0 Å². The number of hydrogen-bond donors (Lipinski definition) is 1. The first-order chi connectivity index (χ1) is 5.00. The Morgan fingerprint density at radius 2 is 2.18 bits per heavy atom. The van der Waals surface area contributed by atoms with Crippen LogP contribution in [0.3, 0.4) is 0 Å². The Kier molecular flexibility index (Phi) is 2.30. The summed E-state index contributed by atoms with van der Waals surface area (Å²) in [5, 5.41) is 9.56. The van der Waals surface area contributed by atoms with Crippen LogP contribution in [-0.4, -0.2) is 10.1 Å². The third kappa shape index (κ3) is 2.27. The number of aliphatic hydroxyl groups is 1. The molecule has 0 aromatic carbocycles. The lowest BCUT2D eigenvalue weighted by molar-refractivity contribution is 0.0784. The van der Waals surface area contributed by atoms with Crippen molar-refractivity contribution in [2.75, 3.05) is 0 Å². The molecule has 60 valence electrons. The molecule has 0 atom stereocenters. The Morgan fingerprint density at radius 3 is 2.55 bits per heavy atom. The minimum atomic E-state index is -0.786. The molecule has 0 saturated carbocycles. The van der Waals surface area contributed by atoms with E-state index in [2.05, 4.69) is 20.9 Å². The van der Waals surface area contributed by atoms with Gasteiger partial charge in [-0.15, -0.1) is 0 Å². The second-order valence-corrected chi connectivity index (χ2v) is 3.74. The molecule has 0 unspecified atom stereocenters. The minimum Gasteiger partial charge on any atom is -0.386 e. The molecular formula is C8H10BrNO. The molecule has 11 heavy (non-hydrogen) atoms. The molecule has 0 aliphatic carbocycles. The fourth-order valence-corrected chi connectivity index (χ4v) is 1.15. The van der Waals surface area contributed by atoms with Gasteiger partial charge in [0.05, 0.1) is 5.60 Å². The predicted octanol–water partition coefficient (Wildman–Crippen LogP) is 2.07. The van der Waals surface area contributed by atoms with E-state index in [4.69, 9.17) is 0 Å². The summed E-state index contributed by atoms with van der Waals surface area (Å²) >= 11 is 3.23. The topological polar surface area (TPSA) is 33.1 Å². The lowest BCUT2D eigenvalue weighted by Crippen LogP contribution is -2.15. The molecule has 1 heterocycles. The van der Waals surface area contributed by atoms with Gasteiger partial charge in [-0.2, -0.15) is 0 Å². The zero-order valence-electron chi connectivity index (χ0n) is 6.50. The third-order valence-electron chi connectivity index (χ3n) is 1.43. The van der Waals surface area contributed by atoms with Crippen molar-refractivity contribution in [3.05, 3.63) is 28.5 Å². The zero-order chi connectivity index (χ0) is 8.48. The maximum absolute atomic E-state index is 9.56. The standard InChI is InChI=1S/C8H10BrNO/c1-8(2,11)6-3-4-10-7(9)5-6/h3-5,11H,1-2H3. The van der Waals surface area contributed by atoms with Gasteiger partial charge in [-0.25, -0.2) is 4.98 Å². The van der Waals surface area contributed by atoms with Crippen LogP contribution in [0.2, 0.25) is 0 Å². The molecule has 0 amide bonds. The second-order valence-electron chi connectivity index (χ2n) is 2.93. The molecule has 3 heteroatoms. The van der Waals surface area contributed by atoms with Crippen LogP contribution >= 0.6 is 15.9 Å². The number of nitrogens with zero attached hydrogens (tertiary/aromatic N) is 1. The van der Waals surface area contributed by atoms with E-state index in [1.807, 2.05) is 0 Å². The summed E-state index contributed by atoms with van der Waals surface area (Å²) in [7, 11) is 0. The molecule has 2 nitrogen and oxygen atoms in total. The molecule has 1 aromatic heterocycles. The van der Waals surface area contributed by atoms with Gasteiger partial charge in [-0.05, 0) is 47.5 Å². The van der Waals surface area contributed by atoms with Crippen molar-refractivity contribution in [2.24, 2.45) is 0 Å². The largest absolute Gasteiger partial charge is 0.386 e. The van der Waals surface area contributed by atoms with Gasteiger partial charge in [0.2, 0.25) is 0 Å². The van der Waals surface area contributed by atoms with E-state index in [0.29, 0.717) is 0 Å². The minimum absolute atomic E-state index is 0.747. The molecule has 0 aliphatic rings. The van der Waals surface area contributed by atoms with Crippen LogP contribution in [0.15, 0.2) is 22.9 Å². The number of halogens is 1. The van der Waals surface area contributed by atoms with Gasteiger partial charge in [-0.3, -0.25) is 0 Å². The molecule has 1 aromatic rings. The Hall–Kier alpha value is -0.410. The first-order valence-electron chi connectivity index (χ1n) is 3.34. The van der Waals surface area contributed by atoms with Crippen molar-refractivity contribution < 1.29 is 5.11 Å². The zero-order valence-corrected chi connectivity index (χ0v) is 8.09. The number of aromatic nitrogens is 1. The molecule has 0 bridgehead atoms. The van der Waals surface area contributed by atoms with Gasteiger partial charge in [-0.1, -0.05) is 0 Å². The number of hydrogen-bond acceptors (Lipinski definition) is 2. The highest BCUT2D eigenvalue weighted by Crippen LogP contribution is 2.20. The van der Waals surface area contributed by atoms with Crippen LogP contribution in [0.5, 0.6) is 0 Å². The lowest BCUT2D eigenvalue weighted by Gasteiger charge is -2.17. The molecule has 0 saturated heterocycles. The number of rotatable bonds is 1. The van der Waals surface area contributed by atoms with Crippen molar-refractivity contribution in [1.82, 2.24) is 4.98 Å². The van der Waals surface area contributed by atoms with Crippen LogP contribution in [0.25, 0.3) is 0 Å². The van der Waals surface area contributed by atoms with Crippen molar-refractivity contribution in [3.63, 3.8) is 0 Å². The predicted molar refractivity (Wildman–Crippen MR) is 47.2 cm³/mol. The van der Waals surface area contributed by atoms with E-state index in [1.54, 1.807) is 32.2 Å². The molecule has 1 N–H and O–H groups in total. The average molecular weight is 216 g/mol. The van der Waals surface area contributed by atoms with Gasteiger partial charge in [0.1, 0.15) is 4.60 Å². The van der Waals surface area contributed by atoms with Crippen LogP contribution in [0, 0.1) is 0 Å². The van der Waals surface area contributed by atoms with E-state index in [9.17, 15) is 5.11 Å². The molecule has 1 rings (SSSR count). The second kappa shape index (κ2) is 2.91. The Bertz CT molecular complexity index is 255. The summed E-state index contributed by atoms with van der Waals surface area (Å²) < 4.78 is 0.747. The van der Waals surface area contributed by atoms with E-state index in [1.165, 1.54) is 0 Å². The highest BCUT2D eigenvalue weighted by molar-refractivity contribution is 9.10. The highest BCUT2D eigenvalue weighted by atomic mass is 79.9. The summed E-state index contributed by atoms with van der Waals surface area (Å²) in [6, 6.07) is 3.60. The average Bonchev–Trinajstić information content (AvgIpc) is 1.86. The Morgan fingerprint density at radius 1 is 1.55 bits per heavy atom. The summed E-state index contributed by atoms with van der Waals surface area (Å²) in [4.78, 5) is 3.96. The first-order valence-corrected chi connectivity index (χ1v) is 4.14. The van der Waals surface area contributed by atoms with E-state index < -0.39 is 5.60 Å². The molecule has 0 aliphatic heterocycles. The normalized spacial score (nSPS) is 11.6.